The number of aromatic nitrogens is 1. The van der Waals surface area contributed by atoms with Crippen LogP contribution in [0.1, 0.15) is 28.7 Å². The van der Waals surface area contributed by atoms with Gasteiger partial charge in [-0.05, 0) is 62.4 Å². The standard InChI is InChI=1S/C22H23N3O3/c1-14-12-21(15(2)25(14)19-8-10-20(28-4)11-9-19)22(27)24-18-7-5-6-17(13-18)23-16(3)26/h5-13H,1-4H3,(H,23,26)(H,24,27). The van der Waals surface area contributed by atoms with E-state index in [-0.39, 0.29) is 11.8 Å². The van der Waals surface area contributed by atoms with Gasteiger partial charge in [0.25, 0.3) is 5.91 Å². The van der Waals surface area contributed by atoms with Crippen LogP contribution in [0.3, 0.4) is 0 Å². The van der Waals surface area contributed by atoms with Crippen molar-refractivity contribution >= 4 is 23.2 Å². The lowest BCUT2D eigenvalue weighted by molar-refractivity contribution is -0.114. The molecule has 28 heavy (non-hydrogen) atoms. The Balaban J connectivity index is 1.86. The summed E-state index contributed by atoms with van der Waals surface area (Å²) in [7, 11) is 1.63. The van der Waals surface area contributed by atoms with Crippen molar-refractivity contribution in [3.63, 3.8) is 0 Å². The lowest BCUT2D eigenvalue weighted by Gasteiger charge is -2.11. The number of hydrogen-bond donors (Lipinski definition) is 2. The van der Waals surface area contributed by atoms with E-state index in [1.807, 2.05) is 48.7 Å². The van der Waals surface area contributed by atoms with Crippen molar-refractivity contribution in [3.8, 4) is 11.4 Å². The number of aryl methyl sites for hydroxylation is 1. The third-order valence-electron chi connectivity index (χ3n) is 4.45. The van der Waals surface area contributed by atoms with Crippen molar-refractivity contribution in [1.29, 1.82) is 0 Å². The Morgan fingerprint density at radius 1 is 0.929 bits per heavy atom. The van der Waals surface area contributed by atoms with E-state index >= 15 is 0 Å². The molecule has 0 unspecified atom stereocenters. The molecule has 2 aromatic carbocycles. The SMILES string of the molecule is COc1ccc(-n2c(C)cc(C(=O)Nc3cccc(NC(C)=O)c3)c2C)cc1. The Bertz CT molecular complexity index is 1020. The Morgan fingerprint density at radius 2 is 1.57 bits per heavy atom. The average Bonchev–Trinajstić information content (AvgIpc) is 2.96. The van der Waals surface area contributed by atoms with E-state index < -0.39 is 0 Å². The Labute approximate surface area is 164 Å². The Kier molecular flexibility index (Phi) is 5.49. The summed E-state index contributed by atoms with van der Waals surface area (Å²) in [5.41, 5.74) is 4.61. The molecule has 0 aliphatic carbocycles. The van der Waals surface area contributed by atoms with E-state index in [1.165, 1.54) is 6.92 Å². The predicted molar refractivity (Wildman–Crippen MR) is 110 cm³/mol. The minimum atomic E-state index is -0.201. The highest BCUT2D eigenvalue weighted by Gasteiger charge is 2.17. The summed E-state index contributed by atoms with van der Waals surface area (Å²) in [6.07, 6.45) is 0. The van der Waals surface area contributed by atoms with Crippen LogP contribution in [-0.4, -0.2) is 23.5 Å². The molecule has 0 radical (unpaired) electrons. The van der Waals surface area contributed by atoms with Crippen LogP contribution in [-0.2, 0) is 4.79 Å². The summed E-state index contributed by atoms with van der Waals surface area (Å²) in [6.45, 7) is 5.32. The first-order valence-electron chi connectivity index (χ1n) is 8.91. The minimum Gasteiger partial charge on any atom is -0.497 e. The molecule has 0 saturated heterocycles. The topological polar surface area (TPSA) is 72.4 Å². The second kappa shape index (κ2) is 8.00. The van der Waals surface area contributed by atoms with Gasteiger partial charge in [-0.2, -0.15) is 0 Å². The van der Waals surface area contributed by atoms with Crippen LogP contribution < -0.4 is 15.4 Å². The predicted octanol–water partition coefficient (Wildman–Crippen LogP) is 4.31. The number of benzene rings is 2. The van der Waals surface area contributed by atoms with Crippen LogP contribution in [0.25, 0.3) is 5.69 Å². The van der Waals surface area contributed by atoms with Gasteiger partial charge in [0.1, 0.15) is 5.75 Å². The molecule has 0 atom stereocenters. The fraction of sp³-hybridized carbons (Fsp3) is 0.182. The van der Waals surface area contributed by atoms with Crippen molar-refractivity contribution < 1.29 is 14.3 Å². The van der Waals surface area contributed by atoms with Crippen LogP contribution in [0.2, 0.25) is 0 Å². The maximum absolute atomic E-state index is 12.8. The van der Waals surface area contributed by atoms with Crippen molar-refractivity contribution in [2.45, 2.75) is 20.8 Å². The fourth-order valence-electron chi connectivity index (χ4n) is 3.20. The molecule has 0 saturated carbocycles. The first-order chi connectivity index (χ1) is 13.4. The smallest absolute Gasteiger partial charge is 0.257 e. The van der Waals surface area contributed by atoms with E-state index in [0.29, 0.717) is 16.9 Å². The molecule has 1 heterocycles. The molecular formula is C22H23N3O3. The third-order valence-corrected chi connectivity index (χ3v) is 4.45. The number of anilines is 2. The number of nitrogens with one attached hydrogen (secondary N) is 2. The van der Waals surface area contributed by atoms with Gasteiger partial charge >= 0.3 is 0 Å². The van der Waals surface area contributed by atoms with Crippen molar-refractivity contribution in [2.24, 2.45) is 0 Å². The summed E-state index contributed by atoms with van der Waals surface area (Å²) in [6, 6.07) is 16.6. The monoisotopic (exact) mass is 377 g/mol. The fourth-order valence-corrected chi connectivity index (χ4v) is 3.20. The van der Waals surface area contributed by atoms with E-state index in [2.05, 4.69) is 10.6 Å². The molecular weight excluding hydrogens is 354 g/mol. The molecule has 0 aliphatic rings. The minimum absolute atomic E-state index is 0.161. The Morgan fingerprint density at radius 3 is 2.18 bits per heavy atom. The normalized spacial score (nSPS) is 10.4. The van der Waals surface area contributed by atoms with E-state index in [1.54, 1.807) is 31.4 Å². The van der Waals surface area contributed by atoms with Crippen molar-refractivity contribution in [1.82, 2.24) is 4.57 Å². The van der Waals surface area contributed by atoms with Gasteiger partial charge in [0.2, 0.25) is 5.91 Å². The first-order valence-corrected chi connectivity index (χ1v) is 8.91. The van der Waals surface area contributed by atoms with Gasteiger partial charge in [-0.25, -0.2) is 0 Å². The summed E-state index contributed by atoms with van der Waals surface area (Å²) < 4.78 is 7.24. The average molecular weight is 377 g/mol. The maximum Gasteiger partial charge on any atom is 0.257 e. The van der Waals surface area contributed by atoms with Crippen LogP contribution >= 0.6 is 0 Å². The number of methoxy groups -OCH3 is 1. The molecule has 1 aromatic heterocycles. The number of amides is 2. The van der Waals surface area contributed by atoms with Crippen LogP contribution in [0.15, 0.2) is 54.6 Å². The number of carbonyl (C=O) groups excluding carboxylic acids is 2. The largest absolute Gasteiger partial charge is 0.497 e. The maximum atomic E-state index is 12.8. The summed E-state index contributed by atoms with van der Waals surface area (Å²) in [5, 5.41) is 5.61. The molecule has 0 spiro atoms. The van der Waals surface area contributed by atoms with E-state index in [4.69, 9.17) is 4.74 Å². The lowest BCUT2D eigenvalue weighted by atomic mass is 10.2. The highest BCUT2D eigenvalue weighted by molar-refractivity contribution is 6.05. The molecule has 144 valence electrons. The first kappa shape index (κ1) is 19.2. The molecule has 0 bridgehead atoms. The van der Waals surface area contributed by atoms with Gasteiger partial charge in [-0.15, -0.1) is 0 Å². The summed E-state index contributed by atoms with van der Waals surface area (Å²) in [5.74, 6) is 0.419. The van der Waals surface area contributed by atoms with Gasteiger partial charge in [-0.1, -0.05) is 6.07 Å². The number of rotatable bonds is 5. The summed E-state index contributed by atoms with van der Waals surface area (Å²) >= 11 is 0. The number of nitrogens with zero attached hydrogens (tertiary/aromatic N) is 1. The number of carbonyl (C=O) groups is 2. The second-order valence-electron chi connectivity index (χ2n) is 6.53. The number of hydrogen-bond acceptors (Lipinski definition) is 3. The van der Waals surface area contributed by atoms with Crippen LogP contribution in [0.5, 0.6) is 5.75 Å². The molecule has 6 heteroatoms. The van der Waals surface area contributed by atoms with Gasteiger partial charge < -0.3 is 19.9 Å². The molecule has 0 fully saturated rings. The lowest BCUT2D eigenvalue weighted by Crippen LogP contribution is -2.13. The molecule has 3 rings (SSSR count). The van der Waals surface area contributed by atoms with Crippen LogP contribution in [0.4, 0.5) is 11.4 Å². The van der Waals surface area contributed by atoms with Gasteiger partial charge in [-0.3, -0.25) is 9.59 Å². The zero-order chi connectivity index (χ0) is 20.3. The summed E-state index contributed by atoms with van der Waals surface area (Å²) in [4.78, 5) is 24.1. The molecule has 3 aromatic rings. The van der Waals surface area contributed by atoms with Crippen LogP contribution in [0, 0.1) is 13.8 Å². The second-order valence-corrected chi connectivity index (χ2v) is 6.53. The van der Waals surface area contributed by atoms with E-state index in [9.17, 15) is 9.59 Å². The number of ether oxygens (including phenoxy) is 1. The molecule has 2 N–H and O–H groups in total. The molecule has 0 aliphatic heterocycles. The quantitative estimate of drug-likeness (QED) is 0.696. The molecule has 2 amide bonds. The van der Waals surface area contributed by atoms with Gasteiger partial charge in [0.05, 0.1) is 12.7 Å². The Hall–Kier alpha value is -3.54. The zero-order valence-electron chi connectivity index (χ0n) is 16.4. The third kappa shape index (κ3) is 4.06. The highest BCUT2D eigenvalue weighted by Crippen LogP contribution is 2.24. The van der Waals surface area contributed by atoms with Gasteiger partial charge in [0.15, 0.2) is 0 Å². The zero-order valence-corrected chi connectivity index (χ0v) is 16.4. The highest BCUT2D eigenvalue weighted by atomic mass is 16.5. The van der Waals surface area contributed by atoms with Crippen molar-refractivity contribution in [2.75, 3.05) is 17.7 Å². The van der Waals surface area contributed by atoms with Crippen molar-refractivity contribution in [3.05, 3.63) is 71.5 Å². The van der Waals surface area contributed by atoms with Gasteiger partial charge in [0, 0.05) is 35.4 Å². The van der Waals surface area contributed by atoms with E-state index in [0.717, 1.165) is 22.8 Å². The molecule has 6 nitrogen and oxygen atoms in total.